The molecule has 0 aliphatic carbocycles. The van der Waals surface area contributed by atoms with Gasteiger partial charge in [0.2, 0.25) is 10.0 Å². The lowest BCUT2D eigenvalue weighted by Gasteiger charge is -2.32. The number of nitrogens with one attached hydrogen (secondary N) is 2. The molecule has 0 bridgehead atoms. The standard InChI is InChI=1S/C27H31N3O3S/c1-21-7-13-26(14-8-21)34(32,33)28-19-22-9-11-24(12-10-22)27(31)29-25-15-17-30(18-16-25)20-23-5-3-2-4-6-23/h2-14,25,28H,15-20H2,1H3,(H,29,31). The SMILES string of the molecule is Cc1ccc(S(=O)(=O)NCc2ccc(C(=O)NC3CCN(Cc4ccccc4)CC3)cc2)cc1. The molecule has 0 aromatic heterocycles. The van der Waals surface area contributed by atoms with Crippen LogP contribution < -0.4 is 10.0 Å². The molecule has 178 valence electrons. The summed E-state index contributed by atoms with van der Waals surface area (Å²) in [6, 6.07) is 24.4. The van der Waals surface area contributed by atoms with Gasteiger partial charge < -0.3 is 5.32 Å². The van der Waals surface area contributed by atoms with Crippen molar-refractivity contribution in [2.45, 2.75) is 43.8 Å². The first-order chi connectivity index (χ1) is 16.4. The van der Waals surface area contributed by atoms with Crippen LogP contribution in [0.5, 0.6) is 0 Å². The summed E-state index contributed by atoms with van der Waals surface area (Å²) in [5.41, 5.74) is 3.69. The molecule has 34 heavy (non-hydrogen) atoms. The second-order valence-electron chi connectivity index (χ2n) is 8.84. The molecular weight excluding hydrogens is 446 g/mol. The molecule has 1 saturated heterocycles. The van der Waals surface area contributed by atoms with Crippen molar-refractivity contribution in [3.8, 4) is 0 Å². The Labute approximate surface area is 202 Å². The van der Waals surface area contributed by atoms with E-state index < -0.39 is 10.0 Å². The Balaban J connectivity index is 1.24. The molecule has 0 atom stereocenters. The van der Waals surface area contributed by atoms with Gasteiger partial charge in [-0.05, 0) is 55.2 Å². The zero-order chi connectivity index (χ0) is 24.0. The van der Waals surface area contributed by atoms with Crippen molar-refractivity contribution < 1.29 is 13.2 Å². The highest BCUT2D eigenvalue weighted by Crippen LogP contribution is 2.15. The zero-order valence-corrected chi connectivity index (χ0v) is 20.2. The van der Waals surface area contributed by atoms with Crippen LogP contribution in [-0.2, 0) is 23.1 Å². The molecule has 6 nitrogen and oxygen atoms in total. The number of piperidine rings is 1. The largest absolute Gasteiger partial charge is 0.349 e. The highest BCUT2D eigenvalue weighted by molar-refractivity contribution is 7.89. The molecule has 3 aromatic rings. The van der Waals surface area contributed by atoms with Crippen molar-refractivity contribution in [2.24, 2.45) is 0 Å². The van der Waals surface area contributed by atoms with Gasteiger partial charge in [-0.25, -0.2) is 13.1 Å². The van der Waals surface area contributed by atoms with Crippen LogP contribution in [0.3, 0.4) is 0 Å². The van der Waals surface area contributed by atoms with Gasteiger partial charge in [-0.1, -0.05) is 60.2 Å². The van der Waals surface area contributed by atoms with Crippen LogP contribution in [0.4, 0.5) is 0 Å². The molecule has 7 heteroatoms. The quantitative estimate of drug-likeness (QED) is 0.516. The van der Waals surface area contributed by atoms with Gasteiger partial charge in [0.15, 0.2) is 0 Å². The fraction of sp³-hybridized carbons (Fsp3) is 0.296. The van der Waals surface area contributed by atoms with Gasteiger partial charge in [-0.2, -0.15) is 0 Å². The Morgan fingerprint density at radius 1 is 0.882 bits per heavy atom. The Morgan fingerprint density at radius 3 is 2.18 bits per heavy atom. The Kier molecular flexibility index (Phi) is 7.77. The molecule has 1 aliphatic rings. The number of nitrogens with zero attached hydrogens (tertiary/aromatic N) is 1. The van der Waals surface area contributed by atoms with Crippen LogP contribution in [-0.4, -0.2) is 38.4 Å². The Bertz CT molecular complexity index is 1190. The number of carbonyl (C=O) groups excluding carboxylic acids is 1. The predicted molar refractivity (Wildman–Crippen MR) is 134 cm³/mol. The summed E-state index contributed by atoms with van der Waals surface area (Å²) in [4.78, 5) is 15.4. The van der Waals surface area contributed by atoms with E-state index >= 15 is 0 Å². The third-order valence-corrected chi connectivity index (χ3v) is 7.60. The van der Waals surface area contributed by atoms with Crippen LogP contribution >= 0.6 is 0 Å². The first kappa shape index (κ1) is 24.1. The second kappa shape index (κ2) is 11.0. The smallest absolute Gasteiger partial charge is 0.251 e. The third-order valence-electron chi connectivity index (χ3n) is 6.19. The first-order valence-corrected chi connectivity index (χ1v) is 13.1. The number of benzene rings is 3. The van der Waals surface area contributed by atoms with Crippen molar-refractivity contribution in [3.63, 3.8) is 0 Å². The number of hydrogen-bond donors (Lipinski definition) is 2. The fourth-order valence-corrected chi connectivity index (χ4v) is 5.12. The number of hydrogen-bond acceptors (Lipinski definition) is 4. The summed E-state index contributed by atoms with van der Waals surface area (Å²) in [7, 11) is -3.58. The minimum Gasteiger partial charge on any atom is -0.349 e. The average Bonchev–Trinajstić information content (AvgIpc) is 2.85. The minimum absolute atomic E-state index is 0.0895. The molecule has 0 radical (unpaired) electrons. The monoisotopic (exact) mass is 477 g/mol. The number of aryl methyl sites for hydroxylation is 1. The third kappa shape index (κ3) is 6.53. The highest BCUT2D eigenvalue weighted by atomic mass is 32.2. The van der Waals surface area contributed by atoms with Gasteiger partial charge in [0.25, 0.3) is 5.91 Å². The predicted octanol–water partition coefficient (Wildman–Crippen LogP) is 3.87. The number of likely N-dealkylation sites (tertiary alicyclic amines) is 1. The van der Waals surface area contributed by atoms with Crippen molar-refractivity contribution in [3.05, 3.63) is 101 Å². The van der Waals surface area contributed by atoms with E-state index in [1.807, 2.05) is 13.0 Å². The molecule has 3 aromatic carbocycles. The second-order valence-corrected chi connectivity index (χ2v) is 10.6. The summed E-state index contributed by atoms with van der Waals surface area (Å²) in [5, 5.41) is 3.14. The van der Waals surface area contributed by atoms with Crippen molar-refractivity contribution in [2.75, 3.05) is 13.1 Å². The van der Waals surface area contributed by atoms with E-state index in [1.165, 1.54) is 5.56 Å². The van der Waals surface area contributed by atoms with Crippen molar-refractivity contribution in [1.29, 1.82) is 0 Å². The fourth-order valence-electron chi connectivity index (χ4n) is 4.10. The molecule has 1 amide bonds. The van der Waals surface area contributed by atoms with E-state index in [1.54, 1.807) is 48.5 Å². The molecular formula is C27H31N3O3S. The topological polar surface area (TPSA) is 78.5 Å². The molecule has 0 unspecified atom stereocenters. The maximum Gasteiger partial charge on any atom is 0.251 e. The zero-order valence-electron chi connectivity index (χ0n) is 19.4. The molecule has 1 heterocycles. The van der Waals surface area contributed by atoms with E-state index in [-0.39, 0.29) is 23.4 Å². The number of amides is 1. The maximum atomic E-state index is 12.7. The van der Waals surface area contributed by atoms with E-state index in [4.69, 9.17) is 0 Å². The Hall–Kier alpha value is -3.00. The minimum atomic E-state index is -3.58. The van der Waals surface area contributed by atoms with Crippen LogP contribution in [0.1, 0.15) is 39.9 Å². The van der Waals surface area contributed by atoms with Gasteiger partial charge in [-0.3, -0.25) is 9.69 Å². The summed E-state index contributed by atoms with van der Waals surface area (Å²) in [6.07, 6.45) is 1.86. The highest BCUT2D eigenvalue weighted by Gasteiger charge is 2.21. The van der Waals surface area contributed by atoms with Crippen molar-refractivity contribution in [1.82, 2.24) is 14.9 Å². The van der Waals surface area contributed by atoms with Crippen LogP contribution in [0.15, 0.2) is 83.8 Å². The van der Waals surface area contributed by atoms with E-state index in [9.17, 15) is 13.2 Å². The number of carbonyl (C=O) groups is 1. The molecule has 2 N–H and O–H groups in total. The molecule has 4 rings (SSSR count). The van der Waals surface area contributed by atoms with E-state index in [2.05, 4.69) is 39.2 Å². The summed E-state index contributed by atoms with van der Waals surface area (Å²) in [6.45, 7) is 4.94. The van der Waals surface area contributed by atoms with Crippen molar-refractivity contribution >= 4 is 15.9 Å². The van der Waals surface area contributed by atoms with Gasteiger partial charge in [0.1, 0.15) is 0 Å². The van der Waals surface area contributed by atoms with E-state index in [0.29, 0.717) is 5.56 Å². The van der Waals surface area contributed by atoms with Gasteiger partial charge in [0.05, 0.1) is 4.90 Å². The molecule has 0 saturated carbocycles. The molecule has 1 fully saturated rings. The summed E-state index contributed by atoms with van der Waals surface area (Å²) in [5.74, 6) is -0.0895. The van der Waals surface area contributed by atoms with Crippen LogP contribution in [0, 0.1) is 6.92 Å². The lowest BCUT2D eigenvalue weighted by molar-refractivity contribution is 0.0909. The first-order valence-electron chi connectivity index (χ1n) is 11.6. The molecule has 1 aliphatic heterocycles. The van der Waals surface area contributed by atoms with E-state index in [0.717, 1.165) is 43.6 Å². The van der Waals surface area contributed by atoms with Gasteiger partial charge in [0, 0.05) is 37.8 Å². The van der Waals surface area contributed by atoms with Crippen LogP contribution in [0.2, 0.25) is 0 Å². The van der Waals surface area contributed by atoms with Gasteiger partial charge in [-0.15, -0.1) is 0 Å². The summed E-state index contributed by atoms with van der Waals surface area (Å²) >= 11 is 0. The molecule has 0 spiro atoms. The average molecular weight is 478 g/mol. The van der Waals surface area contributed by atoms with Gasteiger partial charge >= 0.3 is 0 Å². The Morgan fingerprint density at radius 2 is 1.53 bits per heavy atom. The number of rotatable bonds is 8. The summed E-state index contributed by atoms with van der Waals surface area (Å²) < 4.78 is 27.5. The lowest BCUT2D eigenvalue weighted by Crippen LogP contribution is -2.44. The maximum absolute atomic E-state index is 12.7. The number of sulfonamides is 1. The normalized spacial score (nSPS) is 15.2. The lowest BCUT2D eigenvalue weighted by atomic mass is 10.0. The van der Waals surface area contributed by atoms with Crippen LogP contribution in [0.25, 0.3) is 0 Å².